The Morgan fingerprint density at radius 2 is 1.97 bits per heavy atom. The van der Waals surface area contributed by atoms with Crippen molar-refractivity contribution in [3.05, 3.63) is 76.3 Å². The highest BCUT2D eigenvalue weighted by Gasteiger charge is 2.30. The van der Waals surface area contributed by atoms with Gasteiger partial charge in [0, 0.05) is 5.56 Å². The SMILES string of the molecule is CCOc1ccc2ccccc2c1/C=C1/C(=O)N(c2ccc(Cl)c(C(=O)O)c2)N=C1C. The summed E-state index contributed by atoms with van der Waals surface area (Å²) < 4.78 is 5.80. The number of hydrogen-bond acceptors (Lipinski definition) is 4. The lowest BCUT2D eigenvalue weighted by Gasteiger charge is -2.14. The first-order chi connectivity index (χ1) is 14.9. The van der Waals surface area contributed by atoms with Gasteiger partial charge < -0.3 is 9.84 Å². The number of carbonyl (C=O) groups excluding carboxylic acids is 1. The first-order valence-corrected chi connectivity index (χ1v) is 10.1. The second kappa shape index (κ2) is 8.24. The van der Waals surface area contributed by atoms with Gasteiger partial charge in [0.2, 0.25) is 0 Å². The molecule has 0 atom stereocenters. The first kappa shape index (κ1) is 20.6. The van der Waals surface area contributed by atoms with Gasteiger partial charge in [-0.2, -0.15) is 10.1 Å². The molecule has 0 aliphatic carbocycles. The third kappa shape index (κ3) is 3.78. The Morgan fingerprint density at radius 1 is 1.19 bits per heavy atom. The van der Waals surface area contributed by atoms with E-state index in [0.717, 1.165) is 16.3 Å². The van der Waals surface area contributed by atoms with Crippen LogP contribution in [0.3, 0.4) is 0 Å². The van der Waals surface area contributed by atoms with Crippen LogP contribution in [0.25, 0.3) is 16.8 Å². The van der Waals surface area contributed by atoms with E-state index in [0.29, 0.717) is 29.3 Å². The standard InChI is InChI=1S/C24H19ClN2O4/c1-3-31-22-11-8-15-6-4-5-7-17(15)19(22)13-18-14(2)26-27(23(18)28)16-9-10-21(25)20(12-16)24(29)30/h4-13H,3H2,1-2H3,(H,29,30)/b18-13+. The normalized spacial score (nSPS) is 14.9. The maximum absolute atomic E-state index is 13.2. The second-order valence-corrected chi connectivity index (χ2v) is 7.37. The van der Waals surface area contributed by atoms with Gasteiger partial charge in [0.05, 0.1) is 34.2 Å². The molecule has 0 radical (unpaired) electrons. The van der Waals surface area contributed by atoms with Gasteiger partial charge in [0.1, 0.15) is 5.75 Å². The monoisotopic (exact) mass is 434 g/mol. The number of nitrogens with zero attached hydrogens (tertiary/aromatic N) is 2. The number of carboxylic acid groups (broad SMARTS) is 1. The average Bonchev–Trinajstić information content (AvgIpc) is 3.03. The van der Waals surface area contributed by atoms with Gasteiger partial charge in [-0.15, -0.1) is 0 Å². The van der Waals surface area contributed by atoms with E-state index in [1.165, 1.54) is 17.1 Å². The predicted octanol–water partition coefficient (Wildman–Crippen LogP) is 5.40. The minimum Gasteiger partial charge on any atom is -0.493 e. The zero-order valence-electron chi connectivity index (χ0n) is 16.9. The highest BCUT2D eigenvalue weighted by atomic mass is 35.5. The number of aromatic carboxylic acids is 1. The van der Waals surface area contributed by atoms with Crippen LogP contribution >= 0.6 is 11.6 Å². The molecule has 0 unspecified atom stereocenters. The van der Waals surface area contributed by atoms with E-state index in [1.54, 1.807) is 19.1 Å². The summed E-state index contributed by atoms with van der Waals surface area (Å²) in [6.45, 7) is 4.13. The van der Waals surface area contributed by atoms with E-state index >= 15 is 0 Å². The second-order valence-electron chi connectivity index (χ2n) is 6.96. The molecule has 0 bridgehead atoms. The predicted molar refractivity (Wildman–Crippen MR) is 122 cm³/mol. The van der Waals surface area contributed by atoms with Crippen molar-refractivity contribution < 1.29 is 19.4 Å². The van der Waals surface area contributed by atoms with Crippen LogP contribution in [0.2, 0.25) is 5.02 Å². The zero-order chi connectivity index (χ0) is 22.1. The number of carbonyl (C=O) groups is 2. The van der Waals surface area contributed by atoms with E-state index in [4.69, 9.17) is 16.3 Å². The summed E-state index contributed by atoms with van der Waals surface area (Å²) in [4.78, 5) is 24.6. The van der Waals surface area contributed by atoms with Gasteiger partial charge in [-0.3, -0.25) is 4.79 Å². The van der Waals surface area contributed by atoms with Gasteiger partial charge in [-0.05, 0) is 55.0 Å². The molecule has 1 heterocycles. The Labute approximate surface area is 184 Å². The average molecular weight is 435 g/mol. The number of ether oxygens (including phenoxy) is 1. The molecule has 31 heavy (non-hydrogen) atoms. The minimum absolute atomic E-state index is 0.0927. The summed E-state index contributed by atoms with van der Waals surface area (Å²) in [5.41, 5.74) is 1.96. The molecule has 0 fully saturated rings. The molecule has 3 aromatic rings. The molecular formula is C24H19ClN2O4. The summed E-state index contributed by atoms with van der Waals surface area (Å²) in [7, 11) is 0. The van der Waals surface area contributed by atoms with Crippen LogP contribution in [0.1, 0.15) is 29.8 Å². The Bertz CT molecular complexity index is 1280. The molecule has 7 heteroatoms. The van der Waals surface area contributed by atoms with Gasteiger partial charge >= 0.3 is 5.97 Å². The zero-order valence-corrected chi connectivity index (χ0v) is 17.7. The van der Waals surface area contributed by atoms with Crippen molar-refractivity contribution in [3.8, 4) is 5.75 Å². The fourth-order valence-electron chi connectivity index (χ4n) is 3.52. The molecule has 0 saturated heterocycles. The summed E-state index contributed by atoms with van der Waals surface area (Å²) >= 11 is 5.96. The molecule has 1 aliphatic heterocycles. The number of anilines is 1. The lowest BCUT2D eigenvalue weighted by atomic mass is 9.99. The van der Waals surface area contributed by atoms with E-state index < -0.39 is 5.97 Å². The van der Waals surface area contributed by atoms with E-state index in [-0.39, 0.29) is 16.5 Å². The molecule has 4 rings (SSSR count). The van der Waals surface area contributed by atoms with Crippen LogP contribution in [0, 0.1) is 0 Å². The number of halogens is 1. The van der Waals surface area contributed by atoms with Crippen LogP contribution in [0.4, 0.5) is 5.69 Å². The number of hydrogen-bond donors (Lipinski definition) is 1. The summed E-state index contributed by atoms with van der Waals surface area (Å²) in [6, 6.07) is 16.1. The van der Waals surface area contributed by atoms with Crippen LogP contribution in [0.15, 0.2) is 65.3 Å². The number of hydrazone groups is 1. The summed E-state index contributed by atoms with van der Waals surface area (Å²) in [5.74, 6) is -0.856. The number of fused-ring (bicyclic) bond motifs is 1. The number of rotatable bonds is 5. The lowest BCUT2D eigenvalue weighted by molar-refractivity contribution is -0.114. The van der Waals surface area contributed by atoms with E-state index in [9.17, 15) is 14.7 Å². The van der Waals surface area contributed by atoms with Gasteiger partial charge in [0.25, 0.3) is 5.91 Å². The first-order valence-electron chi connectivity index (χ1n) is 9.69. The molecule has 0 spiro atoms. The maximum atomic E-state index is 13.2. The number of amides is 1. The minimum atomic E-state index is -1.17. The van der Waals surface area contributed by atoms with Crippen molar-refractivity contribution in [3.63, 3.8) is 0 Å². The van der Waals surface area contributed by atoms with Crippen LogP contribution in [-0.4, -0.2) is 29.3 Å². The Balaban J connectivity index is 1.80. The highest BCUT2D eigenvalue weighted by molar-refractivity contribution is 6.34. The molecule has 156 valence electrons. The number of carboxylic acids is 1. The molecule has 1 aliphatic rings. The molecule has 1 amide bonds. The van der Waals surface area contributed by atoms with Crippen molar-refractivity contribution >= 4 is 51.7 Å². The maximum Gasteiger partial charge on any atom is 0.337 e. The van der Waals surface area contributed by atoms with Gasteiger partial charge in [-0.1, -0.05) is 41.9 Å². The largest absolute Gasteiger partial charge is 0.493 e. The van der Waals surface area contributed by atoms with E-state index in [2.05, 4.69) is 5.10 Å². The van der Waals surface area contributed by atoms with Crippen LogP contribution in [-0.2, 0) is 4.79 Å². The quantitative estimate of drug-likeness (QED) is 0.545. The smallest absolute Gasteiger partial charge is 0.337 e. The van der Waals surface area contributed by atoms with E-state index in [1.807, 2.05) is 43.3 Å². The van der Waals surface area contributed by atoms with Crippen LogP contribution < -0.4 is 9.75 Å². The molecular weight excluding hydrogens is 416 g/mol. The summed E-state index contributed by atoms with van der Waals surface area (Å²) in [5, 5.41) is 17.0. The fraction of sp³-hybridized carbons (Fsp3) is 0.125. The Kier molecular flexibility index (Phi) is 5.48. The number of benzene rings is 3. The lowest BCUT2D eigenvalue weighted by Crippen LogP contribution is -2.21. The molecule has 3 aromatic carbocycles. The third-order valence-electron chi connectivity index (χ3n) is 5.01. The Morgan fingerprint density at radius 3 is 2.71 bits per heavy atom. The summed E-state index contributed by atoms with van der Waals surface area (Å²) in [6.07, 6.45) is 1.78. The van der Waals surface area contributed by atoms with Gasteiger partial charge in [-0.25, -0.2) is 4.79 Å². The van der Waals surface area contributed by atoms with Crippen molar-refractivity contribution in [2.24, 2.45) is 5.10 Å². The molecule has 0 aromatic heterocycles. The van der Waals surface area contributed by atoms with Crippen molar-refractivity contribution in [2.75, 3.05) is 11.6 Å². The Hall–Kier alpha value is -3.64. The molecule has 1 N–H and O–H groups in total. The van der Waals surface area contributed by atoms with Crippen molar-refractivity contribution in [1.82, 2.24) is 0 Å². The topological polar surface area (TPSA) is 79.2 Å². The highest BCUT2D eigenvalue weighted by Crippen LogP contribution is 2.33. The fourth-order valence-corrected chi connectivity index (χ4v) is 3.72. The van der Waals surface area contributed by atoms with Crippen molar-refractivity contribution in [1.29, 1.82) is 0 Å². The van der Waals surface area contributed by atoms with Crippen molar-refractivity contribution in [2.45, 2.75) is 13.8 Å². The molecule has 0 saturated carbocycles. The third-order valence-corrected chi connectivity index (χ3v) is 5.34. The molecule has 6 nitrogen and oxygen atoms in total. The van der Waals surface area contributed by atoms with Gasteiger partial charge in [0.15, 0.2) is 0 Å². The van der Waals surface area contributed by atoms with Crippen LogP contribution in [0.5, 0.6) is 5.75 Å².